The summed E-state index contributed by atoms with van der Waals surface area (Å²) in [5, 5.41) is 8.00. The van der Waals surface area contributed by atoms with Crippen LogP contribution in [0.1, 0.15) is 78.2 Å². The van der Waals surface area contributed by atoms with Crippen molar-refractivity contribution in [3.63, 3.8) is 0 Å². The number of carbonyl (C=O) groups excluding carboxylic acids is 1. The first kappa shape index (κ1) is 21.1. The third kappa shape index (κ3) is 7.94. The summed E-state index contributed by atoms with van der Waals surface area (Å²) in [6.45, 7) is 8.23. The molecule has 0 aliphatic carbocycles. The highest BCUT2D eigenvalue weighted by molar-refractivity contribution is 5.70. The maximum Gasteiger partial charge on any atom is 0.335 e. The topological polar surface area (TPSA) is 57.0 Å². The van der Waals surface area contributed by atoms with E-state index < -0.39 is 0 Å². The molecule has 148 valence electrons. The number of rotatable bonds is 10. The first-order valence-electron chi connectivity index (χ1n) is 10.1. The molecular formula is C22H33N3O2. The van der Waals surface area contributed by atoms with Gasteiger partial charge in [-0.1, -0.05) is 88.9 Å². The van der Waals surface area contributed by atoms with Crippen molar-refractivity contribution in [3.05, 3.63) is 36.0 Å². The van der Waals surface area contributed by atoms with E-state index >= 15 is 0 Å². The van der Waals surface area contributed by atoms with Crippen LogP contribution in [0.3, 0.4) is 0 Å². The van der Waals surface area contributed by atoms with E-state index in [4.69, 9.17) is 4.84 Å². The molecule has 0 spiro atoms. The number of hydrogen-bond donors (Lipinski definition) is 0. The number of aromatic nitrogens is 3. The highest BCUT2D eigenvalue weighted by atomic mass is 16.7. The quantitative estimate of drug-likeness (QED) is 0.423. The fraction of sp³-hybridized carbons (Fsp3) is 0.591. The van der Waals surface area contributed by atoms with Crippen LogP contribution in [0.4, 0.5) is 0 Å². The van der Waals surface area contributed by atoms with E-state index in [0.29, 0.717) is 12.1 Å². The normalized spacial score (nSPS) is 11.6. The highest BCUT2D eigenvalue weighted by Crippen LogP contribution is 2.20. The van der Waals surface area contributed by atoms with Gasteiger partial charge in [-0.2, -0.15) is 0 Å². The van der Waals surface area contributed by atoms with Gasteiger partial charge < -0.3 is 4.84 Å². The predicted octanol–water partition coefficient (Wildman–Crippen LogP) is 5.24. The van der Waals surface area contributed by atoms with E-state index in [2.05, 4.69) is 41.5 Å². The molecule has 0 atom stereocenters. The summed E-state index contributed by atoms with van der Waals surface area (Å²) in [5.74, 6) is -0.312. The number of benzene rings is 1. The second-order valence-electron chi connectivity index (χ2n) is 8.42. The lowest BCUT2D eigenvalue weighted by Crippen LogP contribution is -2.24. The summed E-state index contributed by atoms with van der Waals surface area (Å²) in [7, 11) is 0. The van der Waals surface area contributed by atoms with Gasteiger partial charge in [0.2, 0.25) is 0 Å². The molecule has 0 saturated heterocycles. The molecule has 0 fully saturated rings. The second kappa shape index (κ2) is 10.2. The van der Waals surface area contributed by atoms with E-state index in [1.54, 1.807) is 6.20 Å². The zero-order valence-corrected chi connectivity index (χ0v) is 17.2. The molecule has 0 N–H and O–H groups in total. The SMILES string of the molecule is CCCCCCCCc1ccc(-c2cn(OC(=O)CC(C)(C)C)nn2)cc1. The zero-order chi connectivity index (χ0) is 19.7. The molecule has 2 rings (SSSR count). The van der Waals surface area contributed by atoms with Gasteiger partial charge in [-0.05, 0) is 29.0 Å². The minimum Gasteiger partial charge on any atom is -0.318 e. The fourth-order valence-corrected chi connectivity index (χ4v) is 2.95. The van der Waals surface area contributed by atoms with Crippen molar-refractivity contribution in [2.45, 2.75) is 79.1 Å². The van der Waals surface area contributed by atoms with Crippen LogP contribution in [-0.4, -0.2) is 21.1 Å². The Morgan fingerprint density at radius 1 is 1.04 bits per heavy atom. The number of unbranched alkanes of at least 4 members (excludes halogenated alkanes) is 5. The van der Waals surface area contributed by atoms with E-state index in [0.717, 1.165) is 16.8 Å². The van der Waals surface area contributed by atoms with Crippen molar-refractivity contribution in [2.24, 2.45) is 5.41 Å². The molecule has 0 radical (unpaired) electrons. The minimum absolute atomic E-state index is 0.119. The molecule has 0 bridgehead atoms. The first-order valence-corrected chi connectivity index (χ1v) is 10.1. The molecule has 2 aromatic rings. The molecule has 0 aliphatic heterocycles. The Kier molecular flexibility index (Phi) is 8.01. The van der Waals surface area contributed by atoms with Gasteiger partial charge in [0.05, 0.1) is 12.6 Å². The summed E-state index contributed by atoms with van der Waals surface area (Å²) in [6.07, 6.45) is 11.0. The van der Waals surface area contributed by atoms with Crippen molar-refractivity contribution in [2.75, 3.05) is 0 Å². The average Bonchev–Trinajstić information content (AvgIpc) is 3.05. The van der Waals surface area contributed by atoms with Crippen molar-refractivity contribution in [3.8, 4) is 11.3 Å². The van der Waals surface area contributed by atoms with Gasteiger partial charge in [0.25, 0.3) is 0 Å². The Bertz CT molecular complexity index is 699. The molecule has 0 saturated carbocycles. The standard InChI is InChI=1S/C22H33N3O2/c1-5-6-7-8-9-10-11-18-12-14-19(15-13-18)20-17-25(24-23-20)27-21(26)16-22(2,3)4/h12-15,17H,5-11,16H2,1-4H3. The predicted molar refractivity (Wildman–Crippen MR) is 108 cm³/mol. The van der Waals surface area contributed by atoms with Crippen LogP contribution in [0.25, 0.3) is 11.3 Å². The summed E-state index contributed by atoms with van der Waals surface area (Å²) in [5.41, 5.74) is 2.90. The summed E-state index contributed by atoms with van der Waals surface area (Å²) < 4.78 is 0. The van der Waals surface area contributed by atoms with Crippen LogP contribution in [0.2, 0.25) is 0 Å². The zero-order valence-electron chi connectivity index (χ0n) is 17.2. The number of hydrogen-bond acceptors (Lipinski definition) is 4. The molecule has 1 heterocycles. The fourth-order valence-electron chi connectivity index (χ4n) is 2.95. The third-order valence-corrected chi connectivity index (χ3v) is 4.41. The maximum atomic E-state index is 11.9. The Labute approximate surface area is 163 Å². The van der Waals surface area contributed by atoms with Crippen LogP contribution in [-0.2, 0) is 11.2 Å². The van der Waals surface area contributed by atoms with Gasteiger partial charge in [-0.3, -0.25) is 0 Å². The molecule has 0 unspecified atom stereocenters. The van der Waals surface area contributed by atoms with E-state index in [1.807, 2.05) is 20.8 Å². The van der Waals surface area contributed by atoms with Gasteiger partial charge >= 0.3 is 5.97 Å². The maximum absolute atomic E-state index is 11.9. The number of carbonyl (C=O) groups is 1. The Balaban J connectivity index is 1.83. The van der Waals surface area contributed by atoms with Crippen molar-refractivity contribution in [1.82, 2.24) is 15.2 Å². The largest absolute Gasteiger partial charge is 0.335 e. The monoisotopic (exact) mass is 371 g/mol. The van der Waals surface area contributed by atoms with Crippen LogP contribution < -0.4 is 4.84 Å². The molecule has 0 amide bonds. The van der Waals surface area contributed by atoms with Gasteiger partial charge in [0.1, 0.15) is 5.69 Å². The van der Waals surface area contributed by atoms with Gasteiger partial charge in [0.15, 0.2) is 0 Å². The number of aryl methyl sites for hydroxylation is 1. The first-order chi connectivity index (χ1) is 12.9. The Morgan fingerprint density at radius 3 is 2.37 bits per heavy atom. The molecule has 5 nitrogen and oxygen atoms in total. The molecule has 5 heteroatoms. The lowest BCUT2D eigenvalue weighted by molar-refractivity contribution is -0.148. The lowest BCUT2D eigenvalue weighted by atomic mass is 9.93. The van der Waals surface area contributed by atoms with Crippen LogP contribution in [0.5, 0.6) is 0 Å². The molecule has 27 heavy (non-hydrogen) atoms. The van der Waals surface area contributed by atoms with Crippen LogP contribution in [0, 0.1) is 5.41 Å². The lowest BCUT2D eigenvalue weighted by Gasteiger charge is -2.15. The average molecular weight is 372 g/mol. The third-order valence-electron chi connectivity index (χ3n) is 4.41. The molecule has 1 aromatic heterocycles. The molecular weight excluding hydrogens is 338 g/mol. The van der Waals surface area contributed by atoms with Crippen molar-refractivity contribution in [1.29, 1.82) is 0 Å². The number of nitrogens with zero attached hydrogens (tertiary/aromatic N) is 3. The Hall–Kier alpha value is -2.17. The summed E-state index contributed by atoms with van der Waals surface area (Å²) in [6, 6.07) is 8.40. The summed E-state index contributed by atoms with van der Waals surface area (Å²) in [4.78, 5) is 18.3. The highest BCUT2D eigenvalue weighted by Gasteiger charge is 2.18. The summed E-state index contributed by atoms with van der Waals surface area (Å²) >= 11 is 0. The molecule has 0 aliphatic rings. The smallest absolute Gasteiger partial charge is 0.318 e. The minimum atomic E-state index is -0.312. The van der Waals surface area contributed by atoms with Crippen molar-refractivity contribution < 1.29 is 9.63 Å². The van der Waals surface area contributed by atoms with Crippen molar-refractivity contribution >= 4 is 5.97 Å². The van der Waals surface area contributed by atoms with Crippen LogP contribution in [0.15, 0.2) is 30.5 Å². The van der Waals surface area contributed by atoms with Gasteiger partial charge in [-0.25, -0.2) is 4.79 Å². The molecule has 1 aromatic carbocycles. The Morgan fingerprint density at radius 2 is 1.70 bits per heavy atom. The van der Waals surface area contributed by atoms with E-state index in [-0.39, 0.29) is 11.4 Å². The second-order valence-corrected chi connectivity index (χ2v) is 8.42. The van der Waals surface area contributed by atoms with Crippen LogP contribution >= 0.6 is 0 Å². The van der Waals surface area contributed by atoms with E-state index in [1.165, 1.54) is 44.1 Å². The van der Waals surface area contributed by atoms with Gasteiger partial charge in [0, 0.05) is 5.56 Å². The van der Waals surface area contributed by atoms with Gasteiger partial charge in [-0.15, -0.1) is 5.10 Å². The van der Waals surface area contributed by atoms with E-state index in [9.17, 15) is 4.79 Å².